The van der Waals surface area contributed by atoms with Gasteiger partial charge < -0.3 is 30.4 Å². The van der Waals surface area contributed by atoms with E-state index in [9.17, 15) is 15.3 Å². The van der Waals surface area contributed by atoms with E-state index in [0.29, 0.717) is 22.3 Å². The number of nitrogens with zero attached hydrogens (tertiary/aromatic N) is 4. The van der Waals surface area contributed by atoms with E-state index in [4.69, 9.17) is 10.5 Å². The summed E-state index contributed by atoms with van der Waals surface area (Å²) < 4.78 is 7.19. The number of hydrogen-bond donors (Lipinski definition) is 4. The Morgan fingerprint density at radius 3 is 2.68 bits per heavy atom. The van der Waals surface area contributed by atoms with Gasteiger partial charge in [0.15, 0.2) is 6.23 Å². The van der Waals surface area contributed by atoms with Crippen molar-refractivity contribution in [3.8, 4) is 11.3 Å². The van der Waals surface area contributed by atoms with Crippen LogP contribution in [0.3, 0.4) is 0 Å². The van der Waals surface area contributed by atoms with Gasteiger partial charge in [-0.25, -0.2) is 9.97 Å². The summed E-state index contributed by atoms with van der Waals surface area (Å²) in [6, 6.07) is 5.47. The molecule has 9 heteroatoms. The third-order valence-electron chi connectivity index (χ3n) is 4.37. The molecule has 0 radical (unpaired) electrons. The van der Waals surface area contributed by atoms with Crippen molar-refractivity contribution in [2.24, 2.45) is 0 Å². The molecule has 5 N–H and O–H groups in total. The Kier molecular flexibility index (Phi) is 3.85. The quantitative estimate of drug-likeness (QED) is 0.508. The molecule has 1 aliphatic rings. The average molecular weight is 343 g/mol. The first-order valence-corrected chi connectivity index (χ1v) is 7.76. The Bertz CT molecular complexity index is 900. The van der Waals surface area contributed by atoms with E-state index < -0.39 is 31.1 Å². The number of aliphatic hydroxyl groups excluding tert-OH is 3. The van der Waals surface area contributed by atoms with Crippen LogP contribution < -0.4 is 5.73 Å². The maximum atomic E-state index is 10.3. The number of aliphatic hydroxyl groups is 3. The monoisotopic (exact) mass is 343 g/mol. The highest BCUT2D eigenvalue weighted by atomic mass is 16.6. The first kappa shape index (κ1) is 15.9. The highest BCUT2D eigenvalue weighted by molar-refractivity contribution is 5.99. The van der Waals surface area contributed by atoms with E-state index in [1.54, 1.807) is 23.0 Å². The van der Waals surface area contributed by atoms with Crippen LogP contribution in [0.1, 0.15) is 6.23 Å². The molecule has 3 aromatic heterocycles. The summed E-state index contributed by atoms with van der Waals surface area (Å²) in [5.41, 5.74) is 7.84. The third-order valence-corrected chi connectivity index (χ3v) is 4.37. The lowest BCUT2D eigenvalue weighted by molar-refractivity contribution is -0.0508. The van der Waals surface area contributed by atoms with E-state index in [1.165, 1.54) is 6.33 Å². The zero-order valence-corrected chi connectivity index (χ0v) is 13.1. The molecule has 3 aromatic rings. The zero-order valence-electron chi connectivity index (χ0n) is 13.1. The molecule has 25 heavy (non-hydrogen) atoms. The smallest absolute Gasteiger partial charge is 0.164 e. The van der Waals surface area contributed by atoms with Crippen LogP contribution in [0.4, 0.5) is 5.82 Å². The van der Waals surface area contributed by atoms with Crippen molar-refractivity contribution in [1.29, 1.82) is 0 Å². The van der Waals surface area contributed by atoms with Crippen molar-refractivity contribution in [3.05, 3.63) is 36.9 Å². The van der Waals surface area contributed by atoms with Gasteiger partial charge in [0.05, 0.1) is 17.7 Å². The number of anilines is 1. The summed E-state index contributed by atoms with van der Waals surface area (Å²) in [7, 11) is 0. The number of rotatable bonds is 3. The molecule has 9 nitrogen and oxygen atoms in total. The molecule has 4 rings (SSSR count). The van der Waals surface area contributed by atoms with Crippen molar-refractivity contribution in [1.82, 2.24) is 19.5 Å². The molecule has 0 aliphatic carbocycles. The number of nitrogens with two attached hydrogens (primary N) is 1. The molecule has 130 valence electrons. The van der Waals surface area contributed by atoms with Gasteiger partial charge in [-0.2, -0.15) is 0 Å². The van der Waals surface area contributed by atoms with Gasteiger partial charge in [-0.1, -0.05) is 6.07 Å². The Morgan fingerprint density at radius 2 is 2.00 bits per heavy atom. The molecular formula is C16H17N5O4. The summed E-state index contributed by atoms with van der Waals surface area (Å²) in [5, 5.41) is 30.2. The second-order valence-electron chi connectivity index (χ2n) is 5.85. The fourth-order valence-corrected chi connectivity index (χ4v) is 3.13. The Morgan fingerprint density at radius 1 is 1.16 bits per heavy atom. The number of aromatic nitrogens is 4. The normalized spacial score (nSPS) is 26.4. The number of pyridine rings is 1. The molecule has 0 spiro atoms. The highest BCUT2D eigenvalue weighted by Gasteiger charge is 2.44. The third kappa shape index (κ3) is 2.45. The van der Waals surface area contributed by atoms with Gasteiger partial charge in [0.25, 0.3) is 0 Å². The van der Waals surface area contributed by atoms with Crippen LogP contribution in [0, 0.1) is 0 Å². The summed E-state index contributed by atoms with van der Waals surface area (Å²) in [5.74, 6) is 0.274. The average Bonchev–Trinajstić information content (AvgIpc) is 3.15. The van der Waals surface area contributed by atoms with Crippen LogP contribution in [-0.2, 0) is 4.74 Å². The maximum Gasteiger partial charge on any atom is 0.164 e. The number of hydrogen-bond acceptors (Lipinski definition) is 8. The van der Waals surface area contributed by atoms with E-state index in [1.807, 2.05) is 12.1 Å². The number of ether oxygens (including phenoxy) is 1. The van der Waals surface area contributed by atoms with Gasteiger partial charge in [-0.15, -0.1) is 0 Å². The number of nitrogen functional groups attached to an aromatic ring is 1. The summed E-state index contributed by atoms with van der Waals surface area (Å²) in [6.07, 6.45) is 0.461. The summed E-state index contributed by atoms with van der Waals surface area (Å²) >= 11 is 0. The molecular weight excluding hydrogens is 326 g/mol. The predicted octanol–water partition coefficient (Wildman–Crippen LogP) is -0.313. The molecule has 4 heterocycles. The Labute approximate surface area is 142 Å². The summed E-state index contributed by atoms with van der Waals surface area (Å²) in [6.45, 7) is -0.405. The van der Waals surface area contributed by atoms with E-state index >= 15 is 0 Å². The lowest BCUT2D eigenvalue weighted by Crippen LogP contribution is -2.33. The molecule has 4 atom stereocenters. The van der Waals surface area contributed by atoms with E-state index in [0.717, 1.165) is 0 Å². The minimum atomic E-state index is -1.22. The molecule has 1 saturated heterocycles. The van der Waals surface area contributed by atoms with Crippen LogP contribution in [0.5, 0.6) is 0 Å². The highest BCUT2D eigenvalue weighted by Crippen LogP contribution is 2.37. The first-order chi connectivity index (χ1) is 12.1. The van der Waals surface area contributed by atoms with Gasteiger partial charge in [0, 0.05) is 18.0 Å². The minimum Gasteiger partial charge on any atom is -0.394 e. The van der Waals surface area contributed by atoms with Crippen molar-refractivity contribution in [2.45, 2.75) is 24.5 Å². The molecule has 1 fully saturated rings. The molecule has 0 bridgehead atoms. The van der Waals surface area contributed by atoms with E-state index in [2.05, 4.69) is 15.0 Å². The minimum absolute atomic E-state index is 0.274. The molecule has 1 aliphatic heterocycles. The van der Waals surface area contributed by atoms with Gasteiger partial charge in [0.2, 0.25) is 0 Å². The van der Waals surface area contributed by atoms with Crippen LogP contribution in [0.2, 0.25) is 0 Å². The van der Waals surface area contributed by atoms with Crippen LogP contribution >= 0.6 is 0 Å². The lowest BCUT2D eigenvalue weighted by Gasteiger charge is -2.17. The van der Waals surface area contributed by atoms with Crippen LogP contribution in [0.25, 0.3) is 22.3 Å². The van der Waals surface area contributed by atoms with Gasteiger partial charge >= 0.3 is 0 Å². The number of fused-ring (bicyclic) bond motifs is 1. The Balaban J connectivity index is 1.90. The predicted molar refractivity (Wildman–Crippen MR) is 88.2 cm³/mol. The lowest BCUT2D eigenvalue weighted by atomic mass is 10.1. The molecule has 0 saturated carbocycles. The molecule has 0 amide bonds. The SMILES string of the molecule is Nc1ncnc2c1c(-c1ccccn1)cn2[C@@H]1O[C@H](CO)[C@@H](O)[C@H]1O. The second kappa shape index (κ2) is 6.05. The van der Waals surface area contributed by atoms with Gasteiger partial charge in [-0.05, 0) is 12.1 Å². The summed E-state index contributed by atoms with van der Waals surface area (Å²) in [4.78, 5) is 12.6. The zero-order chi connectivity index (χ0) is 17.6. The second-order valence-corrected chi connectivity index (χ2v) is 5.85. The standard InChI is InChI=1S/C16H17N5O4/c17-14-11-8(9-3-1-2-4-18-9)5-21(15(11)20-7-19-14)16-13(24)12(23)10(6-22)25-16/h1-5,7,10,12-13,16,22-24H,6H2,(H2,17,19,20)/t10-,12-,13-,16-/m1/s1. The van der Waals surface area contributed by atoms with Crippen LogP contribution in [-0.4, -0.2) is 59.8 Å². The van der Waals surface area contributed by atoms with Gasteiger partial charge in [-0.3, -0.25) is 4.98 Å². The molecule has 0 aromatic carbocycles. The van der Waals surface area contributed by atoms with Crippen molar-refractivity contribution >= 4 is 16.9 Å². The largest absolute Gasteiger partial charge is 0.394 e. The van der Waals surface area contributed by atoms with Gasteiger partial charge in [0.1, 0.15) is 36.1 Å². The topological polar surface area (TPSA) is 140 Å². The van der Waals surface area contributed by atoms with Crippen molar-refractivity contribution in [2.75, 3.05) is 12.3 Å². The maximum absolute atomic E-state index is 10.3. The molecule has 0 unspecified atom stereocenters. The van der Waals surface area contributed by atoms with Crippen molar-refractivity contribution in [3.63, 3.8) is 0 Å². The first-order valence-electron chi connectivity index (χ1n) is 7.76. The van der Waals surface area contributed by atoms with E-state index in [-0.39, 0.29) is 5.82 Å². The fourth-order valence-electron chi connectivity index (χ4n) is 3.13. The fraction of sp³-hybridized carbons (Fsp3) is 0.312. The Hall–Kier alpha value is -2.59. The van der Waals surface area contributed by atoms with Crippen molar-refractivity contribution < 1.29 is 20.1 Å². The van der Waals surface area contributed by atoms with Crippen LogP contribution in [0.15, 0.2) is 36.9 Å².